The third kappa shape index (κ3) is 4.29. The summed E-state index contributed by atoms with van der Waals surface area (Å²) in [6.45, 7) is 1.87. The monoisotopic (exact) mass is 174 g/mol. The van der Waals surface area contributed by atoms with Crippen molar-refractivity contribution in [2.45, 2.75) is 12.8 Å². The molecule has 0 saturated carbocycles. The van der Waals surface area contributed by atoms with Gasteiger partial charge in [-0.1, -0.05) is 6.07 Å². The van der Waals surface area contributed by atoms with Gasteiger partial charge in [0.05, 0.1) is 0 Å². The summed E-state index contributed by atoms with van der Waals surface area (Å²) in [6, 6.07) is 4.03. The van der Waals surface area contributed by atoms with E-state index in [0.29, 0.717) is 0 Å². The summed E-state index contributed by atoms with van der Waals surface area (Å²) >= 11 is 0. The fraction of sp³-hybridized carbons (Fsp3) is 0.364. The second kappa shape index (κ2) is 6.22. The standard InChI is InChI=1S/C11H14N2/c1-2-3-7-12-9-6-11-5-4-8-13-10-11/h1,4-5,8,10,12H,3,6-7,9H2. The van der Waals surface area contributed by atoms with Gasteiger partial charge in [-0.15, -0.1) is 12.3 Å². The number of nitrogens with zero attached hydrogens (tertiary/aromatic N) is 1. The van der Waals surface area contributed by atoms with Crippen molar-refractivity contribution in [2.75, 3.05) is 13.1 Å². The van der Waals surface area contributed by atoms with Crippen molar-refractivity contribution >= 4 is 0 Å². The first-order chi connectivity index (χ1) is 6.43. The van der Waals surface area contributed by atoms with Crippen LogP contribution < -0.4 is 5.32 Å². The minimum atomic E-state index is 0.799. The highest BCUT2D eigenvalue weighted by molar-refractivity contribution is 5.08. The summed E-state index contributed by atoms with van der Waals surface area (Å²) in [5.74, 6) is 2.59. The maximum atomic E-state index is 5.12. The Kier molecular flexibility index (Phi) is 4.66. The van der Waals surface area contributed by atoms with Crippen LogP contribution in [0.15, 0.2) is 24.5 Å². The largest absolute Gasteiger partial charge is 0.315 e. The molecule has 1 aromatic heterocycles. The van der Waals surface area contributed by atoms with E-state index in [-0.39, 0.29) is 0 Å². The van der Waals surface area contributed by atoms with E-state index in [1.165, 1.54) is 5.56 Å². The van der Waals surface area contributed by atoms with Crippen LogP contribution >= 0.6 is 0 Å². The van der Waals surface area contributed by atoms with Crippen LogP contribution in [0, 0.1) is 12.3 Å². The molecule has 0 amide bonds. The number of rotatable bonds is 5. The molecule has 0 aromatic carbocycles. The number of nitrogens with one attached hydrogen (secondary N) is 1. The molecule has 0 radical (unpaired) electrons. The van der Waals surface area contributed by atoms with Crippen LogP contribution in [0.4, 0.5) is 0 Å². The van der Waals surface area contributed by atoms with E-state index in [1.807, 2.05) is 12.3 Å². The molecular weight excluding hydrogens is 160 g/mol. The van der Waals surface area contributed by atoms with Crippen LogP contribution in [0.1, 0.15) is 12.0 Å². The molecule has 1 heterocycles. The van der Waals surface area contributed by atoms with E-state index >= 15 is 0 Å². The molecule has 0 aliphatic heterocycles. The molecule has 1 rings (SSSR count). The van der Waals surface area contributed by atoms with Crippen LogP contribution in [-0.4, -0.2) is 18.1 Å². The van der Waals surface area contributed by atoms with Crippen LogP contribution in [0.5, 0.6) is 0 Å². The van der Waals surface area contributed by atoms with E-state index in [9.17, 15) is 0 Å². The Hall–Kier alpha value is -1.33. The quantitative estimate of drug-likeness (QED) is 0.536. The van der Waals surface area contributed by atoms with Crippen LogP contribution in [0.2, 0.25) is 0 Å². The third-order valence-corrected chi connectivity index (χ3v) is 1.76. The van der Waals surface area contributed by atoms with Crippen molar-refractivity contribution in [1.29, 1.82) is 0 Å². The molecular formula is C11H14N2. The number of aromatic nitrogens is 1. The smallest absolute Gasteiger partial charge is 0.0300 e. The molecule has 0 unspecified atom stereocenters. The van der Waals surface area contributed by atoms with Gasteiger partial charge in [0.2, 0.25) is 0 Å². The minimum Gasteiger partial charge on any atom is -0.315 e. The second-order valence-corrected chi connectivity index (χ2v) is 2.82. The molecule has 0 aliphatic carbocycles. The zero-order valence-electron chi connectivity index (χ0n) is 7.66. The zero-order chi connectivity index (χ0) is 9.36. The zero-order valence-corrected chi connectivity index (χ0v) is 7.66. The Balaban J connectivity index is 2.11. The SMILES string of the molecule is C#CCCNCCc1cccnc1. The first-order valence-corrected chi connectivity index (χ1v) is 4.46. The van der Waals surface area contributed by atoms with E-state index in [2.05, 4.69) is 22.3 Å². The summed E-state index contributed by atoms with van der Waals surface area (Å²) in [7, 11) is 0. The van der Waals surface area contributed by atoms with Crippen molar-refractivity contribution in [3.63, 3.8) is 0 Å². The van der Waals surface area contributed by atoms with Crippen molar-refractivity contribution in [1.82, 2.24) is 10.3 Å². The normalized spacial score (nSPS) is 9.46. The lowest BCUT2D eigenvalue weighted by Crippen LogP contribution is -2.18. The molecule has 0 saturated heterocycles. The predicted octanol–water partition coefficient (Wildman–Crippen LogP) is 1.24. The van der Waals surface area contributed by atoms with Gasteiger partial charge in [-0.3, -0.25) is 4.98 Å². The minimum absolute atomic E-state index is 0.799. The van der Waals surface area contributed by atoms with Crippen molar-refractivity contribution in [3.8, 4) is 12.3 Å². The maximum absolute atomic E-state index is 5.12. The average molecular weight is 174 g/mol. The summed E-state index contributed by atoms with van der Waals surface area (Å²) in [6.07, 6.45) is 10.6. The summed E-state index contributed by atoms with van der Waals surface area (Å²) in [5.41, 5.74) is 1.26. The summed E-state index contributed by atoms with van der Waals surface area (Å²) in [4.78, 5) is 4.04. The fourth-order valence-corrected chi connectivity index (χ4v) is 1.06. The Bertz CT molecular complexity index is 261. The van der Waals surface area contributed by atoms with Gasteiger partial charge >= 0.3 is 0 Å². The second-order valence-electron chi connectivity index (χ2n) is 2.82. The number of pyridine rings is 1. The lowest BCUT2D eigenvalue weighted by atomic mass is 10.2. The van der Waals surface area contributed by atoms with E-state index in [4.69, 9.17) is 6.42 Å². The van der Waals surface area contributed by atoms with E-state index in [1.54, 1.807) is 6.20 Å². The molecule has 0 spiro atoms. The Labute approximate surface area is 79.4 Å². The lowest BCUT2D eigenvalue weighted by Gasteiger charge is -2.01. The fourth-order valence-electron chi connectivity index (χ4n) is 1.06. The Morgan fingerprint density at radius 1 is 1.46 bits per heavy atom. The van der Waals surface area contributed by atoms with Gasteiger partial charge in [0.15, 0.2) is 0 Å². The topological polar surface area (TPSA) is 24.9 Å². The van der Waals surface area contributed by atoms with Crippen molar-refractivity contribution < 1.29 is 0 Å². The highest BCUT2D eigenvalue weighted by atomic mass is 14.8. The number of hydrogen-bond acceptors (Lipinski definition) is 2. The van der Waals surface area contributed by atoms with Gasteiger partial charge in [0, 0.05) is 25.4 Å². The lowest BCUT2D eigenvalue weighted by molar-refractivity contribution is 0.693. The van der Waals surface area contributed by atoms with E-state index in [0.717, 1.165) is 25.9 Å². The van der Waals surface area contributed by atoms with E-state index < -0.39 is 0 Å². The molecule has 0 fully saturated rings. The maximum Gasteiger partial charge on any atom is 0.0300 e. The molecule has 0 bridgehead atoms. The molecule has 0 atom stereocenters. The first kappa shape index (κ1) is 9.76. The Morgan fingerprint density at radius 3 is 3.08 bits per heavy atom. The molecule has 13 heavy (non-hydrogen) atoms. The highest BCUT2D eigenvalue weighted by Gasteiger charge is 1.90. The van der Waals surface area contributed by atoms with Crippen LogP contribution in [-0.2, 0) is 6.42 Å². The van der Waals surface area contributed by atoms with Gasteiger partial charge in [-0.2, -0.15) is 0 Å². The van der Waals surface area contributed by atoms with Gasteiger partial charge in [0.1, 0.15) is 0 Å². The predicted molar refractivity (Wildman–Crippen MR) is 54.3 cm³/mol. The molecule has 1 N–H and O–H groups in total. The molecule has 1 aromatic rings. The average Bonchev–Trinajstić information content (AvgIpc) is 2.19. The summed E-state index contributed by atoms with van der Waals surface area (Å²) in [5, 5.41) is 3.26. The Morgan fingerprint density at radius 2 is 2.38 bits per heavy atom. The summed E-state index contributed by atoms with van der Waals surface area (Å²) < 4.78 is 0. The molecule has 68 valence electrons. The van der Waals surface area contributed by atoms with Crippen LogP contribution in [0.3, 0.4) is 0 Å². The van der Waals surface area contributed by atoms with Gasteiger partial charge in [-0.05, 0) is 24.6 Å². The number of terminal acetylenes is 1. The molecule has 2 heteroatoms. The third-order valence-electron chi connectivity index (χ3n) is 1.76. The van der Waals surface area contributed by atoms with Gasteiger partial charge < -0.3 is 5.32 Å². The molecule has 0 aliphatic rings. The first-order valence-electron chi connectivity index (χ1n) is 4.46. The van der Waals surface area contributed by atoms with Crippen molar-refractivity contribution in [3.05, 3.63) is 30.1 Å². The number of hydrogen-bond donors (Lipinski definition) is 1. The van der Waals surface area contributed by atoms with Gasteiger partial charge in [0.25, 0.3) is 0 Å². The van der Waals surface area contributed by atoms with Crippen molar-refractivity contribution in [2.24, 2.45) is 0 Å². The molecule has 2 nitrogen and oxygen atoms in total. The van der Waals surface area contributed by atoms with Crippen LogP contribution in [0.25, 0.3) is 0 Å². The van der Waals surface area contributed by atoms with Gasteiger partial charge in [-0.25, -0.2) is 0 Å². The highest BCUT2D eigenvalue weighted by Crippen LogP contribution is 1.94.